The van der Waals surface area contributed by atoms with Gasteiger partial charge in [-0.05, 0) is 13.3 Å². The van der Waals surface area contributed by atoms with E-state index in [0.717, 1.165) is 18.4 Å². The van der Waals surface area contributed by atoms with Gasteiger partial charge in [0.1, 0.15) is 4.75 Å². The highest BCUT2D eigenvalue weighted by Crippen LogP contribution is 2.46. The van der Waals surface area contributed by atoms with Crippen LogP contribution in [0.15, 0.2) is 23.8 Å². The molecule has 1 rings (SSSR count). The van der Waals surface area contributed by atoms with Crippen molar-refractivity contribution in [3.63, 3.8) is 0 Å². The minimum atomic E-state index is -4.12. The number of allylic oxidation sites excluding steroid dienone is 3. The first-order chi connectivity index (χ1) is 7.66. The van der Waals surface area contributed by atoms with Gasteiger partial charge in [-0.2, -0.15) is 8.42 Å². The Morgan fingerprint density at radius 2 is 1.94 bits per heavy atom. The third-order valence-electron chi connectivity index (χ3n) is 3.66. The molecule has 0 saturated heterocycles. The molecule has 0 saturated carbocycles. The second-order valence-electron chi connectivity index (χ2n) is 5.41. The summed E-state index contributed by atoms with van der Waals surface area (Å²) >= 11 is 0. The molecular formula is C13H22O3S. The van der Waals surface area contributed by atoms with Crippen molar-refractivity contribution >= 4 is 10.1 Å². The average Bonchev–Trinajstić information content (AvgIpc) is 2.13. The first-order valence-electron chi connectivity index (χ1n) is 6.02. The molecule has 1 atom stereocenters. The van der Waals surface area contributed by atoms with E-state index in [1.54, 1.807) is 12.2 Å². The van der Waals surface area contributed by atoms with E-state index < -0.39 is 20.3 Å². The minimum Gasteiger partial charge on any atom is -0.285 e. The van der Waals surface area contributed by atoms with Crippen molar-refractivity contribution in [2.75, 3.05) is 0 Å². The summed E-state index contributed by atoms with van der Waals surface area (Å²) in [5.74, 6) is 0. The summed E-state index contributed by atoms with van der Waals surface area (Å²) in [5.41, 5.74) is 0.444. The highest BCUT2D eigenvalue weighted by atomic mass is 32.2. The van der Waals surface area contributed by atoms with Crippen LogP contribution in [0.3, 0.4) is 0 Å². The van der Waals surface area contributed by atoms with E-state index in [2.05, 4.69) is 0 Å². The van der Waals surface area contributed by atoms with E-state index >= 15 is 0 Å². The van der Waals surface area contributed by atoms with Gasteiger partial charge in [0.25, 0.3) is 10.1 Å². The lowest BCUT2D eigenvalue weighted by Crippen LogP contribution is -2.49. The van der Waals surface area contributed by atoms with Gasteiger partial charge < -0.3 is 0 Å². The lowest BCUT2D eigenvalue weighted by atomic mass is 9.71. The van der Waals surface area contributed by atoms with Crippen LogP contribution < -0.4 is 0 Å². The van der Waals surface area contributed by atoms with E-state index in [1.807, 2.05) is 33.8 Å². The molecular weight excluding hydrogens is 236 g/mol. The zero-order valence-corrected chi connectivity index (χ0v) is 11.8. The molecule has 0 bridgehead atoms. The van der Waals surface area contributed by atoms with Gasteiger partial charge in [-0.25, -0.2) is 0 Å². The summed E-state index contributed by atoms with van der Waals surface area (Å²) in [6, 6.07) is 0. The number of rotatable bonds is 4. The maximum absolute atomic E-state index is 11.8. The van der Waals surface area contributed by atoms with Gasteiger partial charge in [0, 0.05) is 5.41 Å². The number of hydrogen-bond acceptors (Lipinski definition) is 2. The molecule has 0 aromatic heterocycles. The molecule has 1 N–H and O–H groups in total. The summed E-state index contributed by atoms with van der Waals surface area (Å²) in [5, 5.41) is 0. The van der Waals surface area contributed by atoms with Gasteiger partial charge in [0.05, 0.1) is 0 Å². The minimum absolute atomic E-state index is 0.454. The Hall–Kier alpha value is -0.610. The Bertz CT molecular complexity index is 443. The molecule has 3 nitrogen and oxygen atoms in total. The van der Waals surface area contributed by atoms with Crippen LogP contribution in [0.2, 0.25) is 0 Å². The standard InChI is InChI=1S/C13H22O3S/c1-5-6-8-13(17(14,15)16)9-7-11(2)10-12(13,3)4/h7,9-10H,5-6,8H2,1-4H3,(H,14,15,16). The monoisotopic (exact) mass is 258 g/mol. The maximum atomic E-state index is 11.8. The Morgan fingerprint density at radius 3 is 2.35 bits per heavy atom. The molecule has 1 aliphatic carbocycles. The predicted molar refractivity (Wildman–Crippen MR) is 70.5 cm³/mol. The molecule has 0 heterocycles. The molecule has 0 spiro atoms. The third-order valence-corrected chi connectivity index (χ3v) is 5.44. The fourth-order valence-electron chi connectivity index (χ4n) is 2.61. The SMILES string of the molecule is CCCCC1(S(=O)(=O)O)C=CC(C)=CC1(C)C. The summed E-state index contributed by atoms with van der Waals surface area (Å²) in [4.78, 5) is 0. The van der Waals surface area contributed by atoms with Gasteiger partial charge in [-0.3, -0.25) is 4.55 Å². The molecule has 0 amide bonds. The fraction of sp³-hybridized carbons (Fsp3) is 0.692. The Morgan fingerprint density at radius 1 is 1.35 bits per heavy atom. The van der Waals surface area contributed by atoms with Crippen LogP contribution in [0.5, 0.6) is 0 Å². The normalized spacial score (nSPS) is 27.9. The van der Waals surface area contributed by atoms with Crippen molar-refractivity contribution in [3.05, 3.63) is 23.8 Å². The second kappa shape index (κ2) is 4.58. The maximum Gasteiger partial charge on any atom is 0.275 e. The fourth-order valence-corrected chi connectivity index (χ4v) is 3.98. The Labute approximate surface area is 104 Å². The van der Waals surface area contributed by atoms with Crippen molar-refractivity contribution in [1.82, 2.24) is 0 Å². The van der Waals surface area contributed by atoms with E-state index in [4.69, 9.17) is 0 Å². The highest BCUT2D eigenvalue weighted by molar-refractivity contribution is 7.87. The number of hydrogen-bond donors (Lipinski definition) is 1. The predicted octanol–water partition coefficient (Wildman–Crippen LogP) is 3.35. The van der Waals surface area contributed by atoms with Crippen LogP contribution in [-0.4, -0.2) is 17.7 Å². The van der Waals surface area contributed by atoms with Crippen LogP contribution in [0, 0.1) is 5.41 Å². The van der Waals surface area contributed by atoms with E-state index in [9.17, 15) is 13.0 Å². The van der Waals surface area contributed by atoms with Gasteiger partial charge in [0.15, 0.2) is 0 Å². The first kappa shape index (κ1) is 14.5. The molecule has 0 radical (unpaired) electrons. The molecule has 0 aromatic rings. The molecule has 0 aromatic carbocycles. The smallest absolute Gasteiger partial charge is 0.275 e. The van der Waals surface area contributed by atoms with Crippen LogP contribution in [0.25, 0.3) is 0 Å². The van der Waals surface area contributed by atoms with Gasteiger partial charge in [0.2, 0.25) is 0 Å². The van der Waals surface area contributed by atoms with Crippen LogP contribution >= 0.6 is 0 Å². The van der Waals surface area contributed by atoms with Crippen LogP contribution in [0.1, 0.15) is 47.0 Å². The van der Waals surface area contributed by atoms with E-state index in [0.29, 0.717) is 6.42 Å². The Kier molecular flexibility index (Phi) is 3.89. The average molecular weight is 258 g/mol. The van der Waals surface area contributed by atoms with Crippen molar-refractivity contribution in [2.24, 2.45) is 5.41 Å². The number of unbranched alkanes of at least 4 members (excludes halogenated alkanes) is 1. The molecule has 98 valence electrons. The van der Waals surface area contributed by atoms with E-state index in [-0.39, 0.29) is 0 Å². The third kappa shape index (κ3) is 2.47. The van der Waals surface area contributed by atoms with Crippen LogP contribution in [0.4, 0.5) is 0 Å². The molecule has 0 fully saturated rings. The summed E-state index contributed by atoms with van der Waals surface area (Å²) < 4.78 is 32.1. The zero-order valence-electron chi connectivity index (χ0n) is 11.0. The van der Waals surface area contributed by atoms with Gasteiger partial charge >= 0.3 is 0 Å². The van der Waals surface area contributed by atoms with Crippen molar-refractivity contribution in [1.29, 1.82) is 0 Å². The topological polar surface area (TPSA) is 54.4 Å². The largest absolute Gasteiger partial charge is 0.285 e. The van der Waals surface area contributed by atoms with Crippen molar-refractivity contribution in [3.8, 4) is 0 Å². The molecule has 0 aliphatic heterocycles. The van der Waals surface area contributed by atoms with Crippen molar-refractivity contribution < 1.29 is 13.0 Å². The molecule has 1 aliphatic rings. The van der Waals surface area contributed by atoms with Gasteiger partial charge in [-0.15, -0.1) is 0 Å². The summed E-state index contributed by atoms with van der Waals surface area (Å²) in [6.45, 7) is 7.68. The molecule has 17 heavy (non-hydrogen) atoms. The molecule has 1 unspecified atom stereocenters. The lowest BCUT2D eigenvalue weighted by molar-refractivity contribution is 0.304. The van der Waals surface area contributed by atoms with E-state index in [1.165, 1.54) is 0 Å². The Balaban J connectivity index is 3.31. The first-order valence-corrected chi connectivity index (χ1v) is 7.46. The second-order valence-corrected chi connectivity index (χ2v) is 7.09. The highest BCUT2D eigenvalue weighted by Gasteiger charge is 2.52. The summed E-state index contributed by atoms with van der Waals surface area (Å²) in [7, 11) is -4.12. The quantitative estimate of drug-likeness (QED) is 0.787. The lowest BCUT2D eigenvalue weighted by Gasteiger charge is -2.42. The van der Waals surface area contributed by atoms with Crippen LogP contribution in [-0.2, 0) is 10.1 Å². The molecule has 4 heteroatoms. The van der Waals surface area contributed by atoms with Crippen molar-refractivity contribution in [2.45, 2.75) is 51.7 Å². The van der Waals surface area contributed by atoms with Gasteiger partial charge in [-0.1, -0.05) is 57.4 Å². The zero-order chi connectivity index (χ0) is 13.3. The summed E-state index contributed by atoms with van der Waals surface area (Å²) in [6.07, 6.45) is 7.51.